The molecule has 1 saturated heterocycles. The smallest absolute Gasteiger partial charge is 0.163 e. The summed E-state index contributed by atoms with van der Waals surface area (Å²) in [6.45, 7) is 6.50. The van der Waals surface area contributed by atoms with Gasteiger partial charge in [-0.1, -0.05) is 0 Å². The molecule has 0 bridgehead atoms. The van der Waals surface area contributed by atoms with Crippen LogP contribution >= 0.6 is 0 Å². The third-order valence-corrected chi connectivity index (χ3v) is 4.28. The molecule has 2 aromatic rings. The molecule has 1 N–H and O–H groups in total. The molecular weight excluding hydrogens is 252 g/mol. The fourth-order valence-corrected chi connectivity index (χ4v) is 2.96. The largest absolute Gasteiger partial charge is 0.372 e. The van der Waals surface area contributed by atoms with Gasteiger partial charge in [-0.25, -0.2) is 9.97 Å². The van der Waals surface area contributed by atoms with Gasteiger partial charge in [0, 0.05) is 19.6 Å². The van der Waals surface area contributed by atoms with Crippen molar-refractivity contribution in [1.29, 1.82) is 0 Å². The Morgan fingerprint density at radius 2 is 2.15 bits per heavy atom. The summed E-state index contributed by atoms with van der Waals surface area (Å²) in [6, 6.07) is 0. The van der Waals surface area contributed by atoms with Gasteiger partial charge in [0.15, 0.2) is 5.65 Å². The van der Waals surface area contributed by atoms with Crippen LogP contribution in [0.3, 0.4) is 0 Å². The van der Waals surface area contributed by atoms with Gasteiger partial charge in [-0.15, -0.1) is 0 Å². The Bertz CT molecular complexity index is 630. The van der Waals surface area contributed by atoms with Crippen molar-refractivity contribution in [2.24, 2.45) is 7.05 Å². The SMILES string of the molecule is CNc1nc(CN2CCCC2(C)C)nc2c1cnn2C. The van der Waals surface area contributed by atoms with E-state index in [0.717, 1.165) is 35.8 Å². The highest BCUT2D eigenvalue weighted by molar-refractivity contribution is 5.86. The number of aryl methyl sites for hydroxylation is 1. The maximum atomic E-state index is 4.68. The van der Waals surface area contributed by atoms with Gasteiger partial charge < -0.3 is 5.32 Å². The lowest BCUT2D eigenvalue weighted by atomic mass is 10.0. The number of likely N-dealkylation sites (tertiary alicyclic amines) is 1. The van der Waals surface area contributed by atoms with Crippen molar-refractivity contribution in [3.8, 4) is 0 Å². The zero-order chi connectivity index (χ0) is 14.3. The molecule has 20 heavy (non-hydrogen) atoms. The van der Waals surface area contributed by atoms with Gasteiger partial charge >= 0.3 is 0 Å². The number of rotatable bonds is 3. The Balaban J connectivity index is 1.97. The molecule has 0 saturated carbocycles. The predicted molar refractivity (Wildman–Crippen MR) is 79.6 cm³/mol. The van der Waals surface area contributed by atoms with Crippen LogP contribution in [0.4, 0.5) is 5.82 Å². The van der Waals surface area contributed by atoms with Crippen LogP contribution in [0.15, 0.2) is 6.20 Å². The third kappa shape index (κ3) is 2.14. The average molecular weight is 274 g/mol. The topological polar surface area (TPSA) is 58.9 Å². The van der Waals surface area contributed by atoms with Crippen molar-refractivity contribution in [3.63, 3.8) is 0 Å². The van der Waals surface area contributed by atoms with E-state index in [0.29, 0.717) is 0 Å². The summed E-state index contributed by atoms with van der Waals surface area (Å²) in [7, 11) is 3.80. The molecule has 0 aliphatic carbocycles. The zero-order valence-electron chi connectivity index (χ0n) is 12.6. The minimum atomic E-state index is 0.241. The number of nitrogens with one attached hydrogen (secondary N) is 1. The Kier molecular flexibility index (Phi) is 3.12. The number of fused-ring (bicyclic) bond motifs is 1. The van der Waals surface area contributed by atoms with E-state index in [-0.39, 0.29) is 5.54 Å². The van der Waals surface area contributed by atoms with E-state index in [1.54, 1.807) is 4.68 Å². The second kappa shape index (κ2) is 4.70. The van der Waals surface area contributed by atoms with Crippen molar-refractivity contribution in [2.75, 3.05) is 18.9 Å². The Labute approximate surface area is 119 Å². The first-order valence-corrected chi connectivity index (χ1v) is 7.13. The summed E-state index contributed by atoms with van der Waals surface area (Å²) < 4.78 is 1.80. The van der Waals surface area contributed by atoms with Crippen LogP contribution in [0, 0.1) is 0 Å². The normalized spacial score (nSPS) is 18.8. The molecule has 3 heterocycles. The molecule has 108 valence electrons. The quantitative estimate of drug-likeness (QED) is 0.924. The molecule has 1 aliphatic rings. The lowest BCUT2D eigenvalue weighted by Crippen LogP contribution is -2.38. The molecule has 6 nitrogen and oxygen atoms in total. The van der Waals surface area contributed by atoms with Crippen LogP contribution in [0.2, 0.25) is 0 Å². The lowest BCUT2D eigenvalue weighted by molar-refractivity contribution is 0.162. The van der Waals surface area contributed by atoms with E-state index < -0.39 is 0 Å². The van der Waals surface area contributed by atoms with Crippen molar-refractivity contribution in [3.05, 3.63) is 12.0 Å². The van der Waals surface area contributed by atoms with Crippen molar-refractivity contribution >= 4 is 16.9 Å². The van der Waals surface area contributed by atoms with Crippen LogP contribution in [0.1, 0.15) is 32.5 Å². The molecule has 0 aromatic carbocycles. The molecule has 0 amide bonds. The highest BCUT2D eigenvalue weighted by Crippen LogP contribution is 2.29. The maximum absolute atomic E-state index is 4.68. The summed E-state index contributed by atoms with van der Waals surface area (Å²) in [6.07, 6.45) is 4.30. The molecule has 1 aliphatic heterocycles. The van der Waals surface area contributed by atoms with E-state index in [4.69, 9.17) is 0 Å². The fourth-order valence-electron chi connectivity index (χ4n) is 2.96. The van der Waals surface area contributed by atoms with E-state index in [9.17, 15) is 0 Å². The first-order chi connectivity index (χ1) is 9.51. The molecule has 6 heteroatoms. The van der Waals surface area contributed by atoms with E-state index in [1.165, 1.54) is 12.8 Å². The molecule has 0 atom stereocenters. The van der Waals surface area contributed by atoms with Gasteiger partial charge in [-0.2, -0.15) is 5.10 Å². The van der Waals surface area contributed by atoms with E-state index in [1.807, 2.05) is 20.3 Å². The number of nitrogens with zero attached hydrogens (tertiary/aromatic N) is 5. The van der Waals surface area contributed by atoms with E-state index in [2.05, 4.69) is 39.1 Å². The van der Waals surface area contributed by atoms with Crippen molar-refractivity contribution < 1.29 is 0 Å². The molecule has 3 rings (SSSR count). The van der Waals surface area contributed by atoms with Crippen LogP contribution < -0.4 is 5.32 Å². The highest BCUT2D eigenvalue weighted by Gasteiger charge is 2.32. The van der Waals surface area contributed by atoms with Gasteiger partial charge in [-0.3, -0.25) is 9.58 Å². The summed E-state index contributed by atoms with van der Waals surface area (Å²) in [5.41, 5.74) is 1.13. The van der Waals surface area contributed by atoms with E-state index >= 15 is 0 Å². The molecule has 0 spiro atoms. The highest BCUT2D eigenvalue weighted by atomic mass is 15.3. The molecule has 1 fully saturated rings. The molecule has 0 radical (unpaired) electrons. The van der Waals surface area contributed by atoms with Gasteiger partial charge in [0.05, 0.1) is 18.1 Å². The van der Waals surface area contributed by atoms with Gasteiger partial charge in [0.2, 0.25) is 0 Å². The summed E-state index contributed by atoms with van der Waals surface area (Å²) in [4.78, 5) is 11.8. The lowest BCUT2D eigenvalue weighted by Gasteiger charge is -2.30. The predicted octanol–water partition coefficient (Wildman–Crippen LogP) is 1.78. The number of hydrogen-bond acceptors (Lipinski definition) is 5. The minimum Gasteiger partial charge on any atom is -0.372 e. The Morgan fingerprint density at radius 1 is 1.35 bits per heavy atom. The Morgan fingerprint density at radius 3 is 2.80 bits per heavy atom. The standard InChI is InChI=1S/C14H22N6/c1-14(2)6-5-7-20(14)9-11-17-12(15-3)10-8-16-19(4)13(10)18-11/h8H,5-7,9H2,1-4H3,(H,15,17,18). The minimum absolute atomic E-state index is 0.241. The van der Waals surface area contributed by atoms with Crippen LogP contribution in [0.5, 0.6) is 0 Å². The Hall–Kier alpha value is -1.69. The van der Waals surface area contributed by atoms with Gasteiger partial charge in [0.1, 0.15) is 11.6 Å². The first kappa shape index (κ1) is 13.3. The van der Waals surface area contributed by atoms with Crippen molar-refractivity contribution in [2.45, 2.75) is 38.8 Å². The molecule has 0 unspecified atom stereocenters. The average Bonchev–Trinajstić information content (AvgIpc) is 2.93. The van der Waals surface area contributed by atoms with Crippen LogP contribution in [0.25, 0.3) is 11.0 Å². The number of hydrogen-bond donors (Lipinski definition) is 1. The second-order valence-electron chi connectivity index (χ2n) is 6.08. The van der Waals surface area contributed by atoms with Gasteiger partial charge in [0.25, 0.3) is 0 Å². The van der Waals surface area contributed by atoms with Crippen LogP contribution in [-0.4, -0.2) is 43.8 Å². The molecule has 2 aromatic heterocycles. The van der Waals surface area contributed by atoms with Crippen molar-refractivity contribution in [1.82, 2.24) is 24.6 Å². The fraction of sp³-hybridized carbons (Fsp3) is 0.643. The maximum Gasteiger partial charge on any atom is 0.163 e. The number of aromatic nitrogens is 4. The first-order valence-electron chi connectivity index (χ1n) is 7.13. The molecular formula is C14H22N6. The second-order valence-corrected chi connectivity index (χ2v) is 6.08. The van der Waals surface area contributed by atoms with Gasteiger partial charge in [-0.05, 0) is 33.2 Å². The third-order valence-electron chi connectivity index (χ3n) is 4.28. The summed E-state index contributed by atoms with van der Waals surface area (Å²) >= 11 is 0. The number of anilines is 1. The monoisotopic (exact) mass is 274 g/mol. The van der Waals surface area contributed by atoms with Crippen LogP contribution in [-0.2, 0) is 13.6 Å². The zero-order valence-corrected chi connectivity index (χ0v) is 12.6. The summed E-state index contributed by atoms with van der Waals surface area (Å²) in [5.74, 6) is 1.72. The summed E-state index contributed by atoms with van der Waals surface area (Å²) in [5, 5.41) is 8.38.